The largest absolute Gasteiger partial charge is 0.486 e. The Balaban J connectivity index is 2.24. The van der Waals surface area contributed by atoms with E-state index in [1.54, 1.807) is 6.92 Å². The van der Waals surface area contributed by atoms with Crippen LogP contribution >= 0.6 is 0 Å². The van der Waals surface area contributed by atoms with Crippen molar-refractivity contribution >= 4 is 11.8 Å². The van der Waals surface area contributed by atoms with Crippen LogP contribution in [0.2, 0.25) is 0 Å². The molecule has 2 aromatic rings. The molecule has 0 amide bonds. The van der Waals surface area contributed by atoms with E-state index in [-0.39, 0.29) is 18.8 Å². The van der Waals surface area contributed by atoms with E-state index in [9.17, 15) is 9.59 Å². The average Bonchev–Trinajstić information content (AvgIpc) is 2.60. The number of carbonyl (C=O) groups excluding carboxylic acids is 2. The molecule has 0 aliphatic rings. The Hall–Kier alpha value is -2.62. The van der Waals surface area contributed by atoms with Gasteiger partial charge in [0, 0.05) is 6.42 Å². The molecule has 0 spiro atoms. The summed E-state index contributed by atoms with van der Waals surface area (Å²) >= 11 is 0. The van der Waals surface area contributed by atoms with Gasteiger partial charge in [-0.1, -0.05) is 48.5 Å². The van der Waals surface area contributed by atoms with Crippen LogP contribution in [0.4, 0.5) is 0 Å². The normalized spacial score (nSPS) is 12.9. The molecule has 24 heavy (non-hydrogen) atoms. The van der Waals surface area contributed by atoms with Crippen LogP contribution in [0.15, 0.2) is 60.7 Å². The van der Waals surface area contributed by atoms with E-state index in [0.29, 0.717) is 5.75 Å². The molecule has 4 nitrogen and oxygen atoms in total. The fourth-order valence-corrected chi connectivity index (χ4v) is 2.47. The predicted molar refractivity (Wildman–Crippen MR) is 91.7 cm³/mol. The molecule has 0 saturated heterocycles. The summed E-state index contributed by atoms with van der Waals surface area (Å²) in [6.07, 6.45) is -0.167. The Kier molecular flexibility index (Phi) is 6.55. The van der Waals surface area contributed by atoms with Crippen LogP contribution in [0.3, 0.4) is 0 Å². The summed E-state index contributed by atoms with van der Waals surface area (Å²) in [4.78, 5) is 24.0. The molecular formula is C20H22O4. The van der Waals surface area contributed by atoms with Crippen LogP contribution in [0, 0.1) is 5.92 Å². The smallest absolute Gasteiger partial charge is 0.316 e. The van der Waals surface area contributed by atoms with Gasteiger partial charge in [0.15, 0.2) is 0 Å². The zero-order chi connectivity index (χ0) is 17.4. The van der Waals surface area contributed by atoms with Gasteiger partial charge in [-0.2, -0.15) is 0 Å². The van der Waals surface area contributed by atoms with Crippen LogP contribution in [0.5, 0.6) is 5.75 Å². The topological polar surface area (TPSA) is 52.6 Å². The van der Waals surface area contributed by atoms with Gasteiger partial charge in [-0.15, -0.1) is 0 Å². The minimum atomic E-state index is -0.834. The van der Waals surface area contributed by atoms with Gasteiger partial charge in [0.25, 0.3) is 0 Å². The van der Waals surface area contributed by atoms with Crippen LogP contribution in [0.1, 0.15) is 31.9 Å². The number of esters is 1. The summed E-state index contributed by atoms with van der Waals surface area (Å²) in [6.45, 7) is 3.38. The van der Waals surface area contributed by atoms with E-state index in [1.807, 2.05) is 60.7 Å². The first-order valence-electron chi connectivity index (χ1n) is 8.05. The molecule has 2 unspecified atom stereocenters. The highest BCUT2D eigenvalue weighted by molar-refractivity contribution is 5.97. The van der Waals surface area contributed by atoms with Crippen molar-refractivity contribution in [2.75, 3.05) is 6.61 Å². The highest BCUT2D eigenvalue weighted by Crippen LogP contribution is 2.28. The second-order valence-corrected chi connectivity index (χ2v) is 5.48. The fraction of sp³-hybridized carbons (Fsp3) is 0.300. The number of ether oxygens (including phenoxy) is 2. The number of ketones is 1. The molecule has 0 bridgehead atoms. The number of benzene rings is 2. The van der Waals surface area contributed by atoms with E-state index in [1.165, 1.54) is 6.92 Å². The molecule has 2 rings (SSSR count). The third-order valence-corrected chi connectivity index (χ3v) is 3.70. The van der Waals surface area contributed by atoms with Crippen molar-refractivity contribution < 1.29 is 19.1 Å². The Bertz CT molecular complexity index is 652. The molecule has 4 heteroatoms. The van der Waals surface area contributed by atoms with E-state index in [2.05, 4.69) is 0 Å². The lowest BCUT2D eigenvalue weighted by Gasteiger charge is -2.23. The zero-order valence-corrected chi connectivity index (χ0v) is 14.0. The summed E-state index contributed by atoms with van der Waals surface area (Å²) in [5.74, 6) is -0.856. The van der Waals surface area contributed by atoms with Gasteiger partial charge in [0.1, 0.15) is 23.6 Å². The quantitative estimate of drug-likeness (QED) is 0.544. The lowest BCUT2D eigenvalue weighted by atomic mass is 9.94. The summed E-state index contributed by atoms with van der Waals surface area (Å²) in [6, 6.07) is 18.9. The van der Waals surface area contributed by atoms with Gasteiger partial charge in [-0.05, 0) is 31.5 Å². The van der Waals surface area contributed by atoms with Crippen LogP contribution in [0.25, 0.3) is 0 Å². The van der Waals surface area contributed by atoms with E-state index >= 15 is 0 Å². The van der Waals surface area contributed by atoms with Crippen LogP contribution in [-0.4, -0.2) is 18.4 Å². The molecule has 0 radical (unpaired) electrons. The zero-order valence-electron chi connectivity index (χ0n) is 14.0. The lowest BCUT2D eigenvalue weighted by Crippen LogP contribution is -2.27. The Morgan fingerprint density at radius 3 is 2.08 bits per heavy atom. The minimum absolute atomic E-state index is 0.217. The van der Waals surface area contributed by atoms with Crippen molar-refractivity contribution in [3.63, 3.8) is 0 Å². The summed E-state index contributed by atoms with van der Waals surface area (Å²) < 4.78 is 11.1. The fourth-order valence-electron chi connectivity index (χ4n) is 2.47. The third-order valence-electron chi connectivity index (χ3n) is 3.70. The van der Waals surface area contributed by atoms with Gasteiger partial charge in [0.05, 0.1) is 6.61 Å². The molecule has 0 saturated carbocycles. The Labute approximate surface area is 142 Å². The van der Waals surface area contributed by atoms with Gasteiger partial charge in [0.2, 0.25) is 0 Å². The summed E-state index contributed by atoms with van der Waals surface area (Å²) in [7, 11) is 0. The second-order valence-electron chi connectivity index (χ2n) is 5.48. The summed E-state index contributed by atoms with van der Waals surface area (Å²) in [5.41, 5.74) is 0.914. The minimum Gasteiger partial charge on any atom is -0.486 e. The first-order chi connectivity index (χ1) is 11.6. The lowest BCUT2D eigenvalue weighted by molar-refractivity contribution is -0.152. The Morgan fingerprint density at radius 2 is 1.54 bits per heavy atom. The SMILES string of the molecule is CCOC(=O)C(CC(Oc1ccccc1)c1ccccc1)C(C)=O. The van der Waals surface area contributed by atoms with Crippen LogP contribution < -0.4 is 4.74 Å². The first-order valence-corrected chi connectivity index (χ1v) is 8.05. The number of rotatable bonds is 8. The van der Waals surface area contributed by atoms with Crippen molar-refractivity contribution in [3.8, 4) is 5.75 Å². The number of hydrogen-bond acceptors (Lipinski definition) is 4. The monoisotopic (exact) mass is 326 g/mol. The Morgan fingerprint density at radius 1 is 0.958 bits per heavy atom. The van der Waals surface area contributed by atoms with E-state index < -0.39 is 18.0 Å². The number of hydrogen-bond donors (Lipinski definition) is 0. The maximum absolute atomic E-state index is 12.1. The standard InChI is InChI=1S/C20H22O4/c1-3-23-20(22)18(15(2)21)14-19(16-10-6-4-7-11-16)24-17-12-8-5-9-13-17/h4-13,18-19H,3,14H2,1-2H3. The number of carbonyl (C=O) groups is 2. The molecule has 0 fully saturated rings. The molecule has 2 aromatic carbocycles. The van der Waals surface area contributed by atoms with Gasteiger partial charge >= 0.3 is 5.97 Å². The van der Waals surface area contributed by atoms with Crippen molar-refractivity contribution in [3.05, 3.63) is 66.2 Å². The highest BCUT2D eigenvalue weighted by Gasteiger charge is 2.30. The summed E-state index contributed by atoms with van der Waals surface area (Å²) in [5, 5.41) is 0. The van der Waals surface area contributed by atoms with Gasteiger partial charge in [-0.3, -0.25) is 9.59 Å². The van der Waals surface area contributed by atoms with Crippen molar-refractivity contribution in [2.45, 2.75) is 26.4 Å². The first kappa shape index (κ1) is 17.7. The molecule has 0 N–H and O–H groups in total. The molecule has 0 aromatic heterocycles. The maximum Gasteiger partial charge on any atom is 0.316 e. The predicted octanol–water partition coefficient (Wildman–Crippen LogP) is 3.97. The molecule has 2 atom stereocenters. The number of para-hydroxylation sites is 1. The molecule has 0 aliphatic heterocycles. The van der Waals surface area contributed by atoms with E-state index in [0.717, 1.165) is 5.56 Å². The molecule has 0 aliphatic carbocycles. The van der Waals surface area contributed by atoms with Crippen LogP contribution in [-0.2, 0) is 14.3 Å². The number of Topliss-reactive ketones (excluding diaryl/α,β-unsaturated/α-hetero) is 1. The maximum atomic E-state index is 12.1. The van der Waals surface area contributed by atoms with Crippen molar-refractivity contribution in [2.24, 2.45) is 5.92 Å². The third kappa shape index (κ3) is 4.95. The van der Waals surface area contributed by atoms with Gasteiger partial charge < -0.3 is 9.47 Å². The van der Waals surface area contributed by atoms with Crippen molar-refractivity contribution in [1.29, 1.82) is 0 Å². The molecular weight excluding hydrogens is 304 g/mol. The second kappa shape index (κ2) is 8.87. The van der Waals surface area contributed by atoms with Gasteiger partial charge in [-0.25, -0.2) is 0 Å². The molecule has 0 heterocycles. The highest BCUT2D eigenvalue weighted by atomic mass is 16.5. The van der Waals surface area contributed by atoms with E-state index in [4.69, 9.17) is 9.47 Å². The molecule has 126 valence electrons. The van der Waals surface area contributed by atoms with Crippen molar-refractivity contribution in [1.82, 2.24) is 0 Å². The average molecular weight is 326 g/mol.